The maximum Gasteiger partial charge on any atom is 0.185 e. The van der Waals surface area contributed by atoms with E-state index in [0.717, 1.165) is 12.8 Å². The van der Waals surface area contributed by atoms with Crippen molar-refractivity contribution in [3.05, 3.63) is 11.9 Å². The largest absolute Gasteiger partial charge is 0.381 e. The van der Waals surface area contributed by atoms with Crippen LogP contribution in [0.3, 0.4) is 0 Å². The van der Waals surface area contributed by atoms with Crippen LogP contribution in [0.1, 0.15) is 23.3 Å². The van der Waals surface area contributed by atoms with Crippen molar-refractivity contribution >= 4 is 5.78 Å². The Morgan fingerprint density at radius 1 is 1.57 bits per heavy atom. The van der Waals surface area contributed by atoms with Gasteiger partial charge in [0.05, 0.1) is 6.20 Å². The number of ketones is 1. The molecule has 0 aliphatic carbocycles. The summed E-state index contributed by atoms with van der Waals surface area (Å²) in [6.45, 7) is 1.36. The van der Waals surface area contributed by atoms with E-state index in [0.29, 0.717) is 18.9 Å². The summed E-state index contributed by atoms with van der Waals surface area (Å²) in [5.41, 5.74) is 0.594. The van der Waals surface area contributed by atoms with Gasteiger partial charge in [0.15, 0.2) is 5.78 Å². The molecule has 1 saturated heterocycles. The van der Waals surface area contributed by atoms with Crippen LogP contribution in [0, 0.1) is 5.92 Å². The summed E-state index contributed by atoms with van der Waals surface area (Å²) in [6.07, 6.45) is 3.14. The van der Waals surface area contributed by atoms with Crippen molar-refractivity contribution in [2.24, 2.45) is 13.0 Å². The van der Waals surface area contributed by atoms with Crippen LogP contribution in [0.15, 0.2) is 6.20 Å². The van der Waals surface area contributed by atoms with Gasteiger partial charge in [-0.25, -0.2) is 4.68 Å². The van der Waals surface area contributed by atoms with Crippen LogP contribution in [-0.4, -0.2) is 34.0 Å². The third-order valence-electron chi connectivity index (χ3n) is 2.56. The topological polar surface area (TPSA) is 57.0 Å². The van der Waals surface area contributed by atoms with Gasteiger partial charge in [-0.1, -0.05) is 5.21 Å². The molecule has 0 atom stereocenters. The van der Waals surface area contributed by atoms with Crippen molar-refractivity contribution < 1.29 is 9.53 Å². The second kappa shape index (κ2) is 3.88. The number of nitrogens with zero attached hydrogens (tertiary/aromatic N) is 3. The van der Waals surface area contributed by atoms with Crippen molar-refractivity contribution in [1.29, 1.82) is 0 Å². The first kappa shape index (κ1) is 9.33. The zero-order valence-corrected chi connectivity index (χ0v) is 8.14. The van der Waals surface area contributed by atoms with E-state index < -0.39 is 0 Å². The zero-order chi connectivity index (χ0) is 9.97. The van der Waals surface area contributed by atoms with Crippen LogP contribution in [0.2, 0.25) is 0 Å². The van der Waals surface area contributed by atoms with Crippen molar-refractivity contribution in [2.75, 3.05) is 13.2 Å². The van der Waals surface area contributed by atoms with Crippen LogP contribution in [-0.2, 0) is 11.8 Å². The number of aromatic nitrogens is 3. The van der Waals surface area contributed by atoms with E-state index in [-0.39, 0.29) is 11.7 Å². The average molecular weight is 195 g/mol. The number of ether oxygens (including phenoxy) is 1. The van der Waals surface area contributed by atoms with E-state index in [1.165, 1.54) is 10.9 Å². The Bertz CT molecular complexity index is 329. The molecule has 76 valence electrons. The molecule has 1 aliphatic heterocycles. The summed E-state index contributed by atoms with van der Waals surface area (Å²) in [5, 5.41) is 7.45. The Kier molecular flexibility index (Phi) is 2.58. The average Bonchev–Trinajstić information content (AvgIpc) is 2.65. The minimum atomic E-state index is 0.0842. The molecule has 0 N–H and O–H groups in total. The molecular weight excluding hydrogens is 182 g/mol. The summed E-state index contributed by atoms with van der Waals surface area (Å²) in [6, 6.07) is 0. The van der Waals surface area contributed by atoms with E-state index >= 15 is 0 Å². The van der Waals surface area contributed by atoms with Crippen molar-refractivity contribution in [1.82, 2.24) is 15.0 Å². The van der Waals surface area contributed by atoms with Crippen molar-refractivity contribution in [3.8, 4) is 0 Å². The van der Waals surface area contributed by atoms with E-state index in [1.807, 2.05) is 0 Å². The Morgan fingerprint density at radius 2 is 2.29 bits per heavy atom. The maximum atomic E-state index is 11.9. The van der Waals surface area contributed by atoms with Crippen LogP contribution >= 0.6 is 0 Å². The number of carbonyl (C=O) groups excluding carboxylic acids is 1. The molecule has 2 rings (SSSR count). The van der Waals surface area contributed by atoms with Crippen LogP contribution < -0.4 is 0 Å². The normalized spacial score (nSPS) is 18.4. The van der Waals surface area contributed by atoms with Gasteiger partial charge in [-0.05, 0) is 12.8 Å². The highest BCUT2D eigenvalue weighted by Crippen LogP contribution is 2.19. The lowest BCUT2D eigenvalue weighted by Crippen LogP contribution is -2.25. The molecule has 5 nitrogen and oxygen atoms in total. The standard InChI is InChI=1S/C9H13N3O2/c1-12-8(6-10-11-12)9(13)7-2-4-14-5-3-7/h6-7H,2-5H2,1H3. The van der Waals surface area contributed by atoms with Gasteiger partial charge in [0.25, 0.3) is 0 Å². The minimum Gasteiger partial charge on any atom is -0.381 e. The number of rotatable bonds is 2. The first-order chi connectivity index (χ1) is 6.79. The molecule has 0 saturated carbocycles. The Hall–Kier alpha value is -1.23. The van der Waals surface area contributed by atoms with E-state index in [9.17, 15) is 4.79 Å². The summed E-state index contributed by atoms with van der Waals surface area (Å²) in [4.78, 5) is 11.9. The van der Waals surface area contributed by atoms with Crippen LogP contribution in [0.25, 0.3) is 0 Å². The zero-order valence-electron chi connectivity index (χ0n) is 8.14. The molecule has 0 aromatic carbocycles. The van der Waals surface area contributed by atoms with Crippen molar-refractivity contribution in [3.63, 3.8) is 0 Å². The molecule has 0 spiro atoms. The second-order valence-corrected chi connectivity index (χ2v) is 3.49. The van der Waals surface area contributed by atoms with E-state index in [2.05, 4.69) is 10.3 Å². The molecule has 1 aromatic heterocycles. The van der Waals surface area contributed by atoms with Gasteiger partial charge < -0.3 is 4.74 Å². The van der Waals surface area contributed by atoms with Crippen molar-refractivity contribution in [2.45, 2.75) is 12.8 Å². The Morgan fingerprint density at radius 3 is 2.86 bits per heavy atom. The summed E-state index contributed by atoms with van der Waals surface area (Å²) in [5.74, 6) is 0.224. The summed E-state index contributed by atoms with van der Waals surface area (Å²) < 4.78 is 6.73. The predicted octanol–water partition coefficient (Wildman–Crippen LogP) is 0.424. The molecular formula is C9H13N3O2. The number of carbonyl (C=O) groups is 1. The Balaban J connectivity index is 2.11. The molecule has 14 heavy (non-hydrogen) atoms. The molecule has 2 heterocycles. The highest BCUT2D eigenvalue weighted by atomic mass is 16.5. The molecule has 0 amide bonds. The quantitative estimate of drug-likeness (QED) is 0.642. The monoisotopic (exact) mass is 195 g/mol. The SMILES string of the molecule is Cn1nncc1C(=O)C1CCOCC1. The highest BCUT2D eigenvalue weighted by Gasteiger charge is 2.24. The van der Waals surface area contributed by atoms with E-state index in [4.69, 9.17) is 4.74 Å². The number of Topliss-reactive ketones (excluding diaryl/α,β-unsaturated/α-hetero) is 1. The minimum absolute atomic E-state index is 0.0842. The maximum absolute atomic E-state index is 11.9. The Labute approximate surface area is 82.1 Å². The summed E-state index contributed by atoms with van der Waals surface area (Å²) >= 11 is 0. The lowest BCUT2D eigenvalue weighted by molar-refractivity contribution is 0.0539. The molecule has 0 radical (unpaired) electrons. The van der Waals surface area contributed by atoms with Gasteiger partial charge in [-0.15, -0.1) is 5.10 Å². The number of hydrogen-bond acceptors (Lipinski definition) is 4. The van der Waals surface area contributed by atoms with Gasteiger partial charge in [0.1, 0.15) is 5.69 Å². The number of aryl methyl sites for hydroxylation is 1. The van der Waals surface area contributed by atoms with Crippen LogP contribution in [0.4, 0.5) is 0 Å². The van der Waals surface area contributed by atoms with Gasteiger partial charge in [0.2, 0.25) is 0 Å². The lowest BCUT2D eigenvalue weighted by Gasteiger charge is -2.20. The third kappa shape index (κ3) is 1.68. The van der Waals surface area contributed by atoms with Crippen LogP contribution in [0.5, 0.6) is 0 Å². The van der Waals surface area contributed by atoms with Gasteiger partial charge in [0, 0.05) is 26.2 Å². The fourth-order valence-electron chi connectivity index (χ4n) is 1.68. The molecule has 0 unspecified atom stereocenters. The summed E-state index contributed by atoms with van der Waals surface area (Å²) in [7, 11) is 1.74. The second-order valence-electron chi connectivity index (χ2n) is 3.49. The number of hydrogen-bond donors (Lipinski definition) is 0. The molecule has 1 fully saturated rings. The van der Waals surface area contributed by atoms with Gasteiger partial charge in [-0.3, -0.25) is 4.79 Å². The smallest absolute Gasteiger partial charge is 0.185 e. The fraction of sp³-hybridized carbons (Fsp3) is 0.667. The molecule has 0 bridgehead atoms. The lowest BCUT2D eigenvalue weighted by atomic mass is 9.94. The van der Waals surface area contributed by atoms with E-state index in [1.54, 1.807) is 7.05 Å². The van der Waals surface area contributed by atoms with Gasteiger partial charge in [-0.2, -0.15) is 0 Å². The third-order valence-corrected chi connectivity index (χ3v) is 2.56. The molecule has 1 aromatic rings. The fourth-order valence-corrected chi connectivity index (χ4v) is 1.68. The molecule has 5 heteroatoms. The predicted molar refractivity (Wildman–Crippen MR) is 48.9 cm³/mol. The first-order valence-corrected chi connectivity index (χ1v) is 4.75. The highest BCUT2D eigenvalue weighted by molar-refractivity contribution is 5.96. The van der Waals surface area contributed by atoms with Gasteiger partial charge >= 0.3 is 0 Å². The molecule has 1 aliphatic rings. The first-order valence-electron chi connectivity index (χ1n) is 4.75.